The van der Waals surface area contributed by atoms with Crippen LogP contribution in [0.4, 0.5) is 10.1 Å². The summed E-state index contributed by atoms with van der Waals surface area (Å²) in [4.78, 5) is -0.514. The van der Waals surface area contributed by atoms with Crippen LogP contribution in [-0.2, 0) is 10.0 Å². The van der Waals surface area contributed by atoms with Gasteiger partial charge in [-0.3, -0.25) is 0 Å². The third-order valence-electron chi connectivity index (χ3n) is 3.47. The van der Waals surface area contributed by atoms with Gasteiger partial charge in [-0.15, -0.1) is 0 Å². The minimum absolute atomic E-state index is 0.120. The van der Waals surface area contributed by atoms with Crippen molar-refractivity contribution in [3.05, 3.63) is 22.4 Å². The summed E-state index contributed by atoms with van der Waals surface area (Å²) in [5.74, 6) is -0.892. The second kappa shape index (κ2) is 5.59. The van der Waals surface area contributed by atoms with Gasteiger partial charge in [-0.2, -0.15) is 0 Å². The molecular formula is C12H16BrFN2O3S. The summed E-state index contributed by atoms with van der Waals surface area (Å²) in [7, 11) is -4.04. The number of nitrogens with one attached hydrogen (secondary N) is 1. The summed E-state index contributed by atoms with van der Waals surface area (Å²) in [5, 5.41) is 10.1. The minimum atomic E-state index is -4.04. The Hall–Kier alpha value is -0.700. The molecule has 2 rings (SSSR count). The first-order chi connectivity index (χ1) is 9.23. The van der Waals surface area contributed by atoms with E-state index in [1.807, 2.05) is 0 Å². The van der Waals surface area contributed by atoms with Gasteiger partial charge in [0.15, 0.2) is 0 Å². The molecule has 112 valence electrons. The van der Waals surface area contributed by atoms with Crippen LogP contribution in [0.5, 0.6) is 0 Å². The Morgan fingerprint density at radius 2 is 2.00 bits per heavy atom. The molecule has 8 heteroatoms. The lowest BCUT2D eigenvalue weighted by molar-refractivity contribution is 0.0531. The van der Waals surface area contributed by atoms with Crippen molar-refractivity contribution >= 4 is 31.6 Å². The zero-order valence-electron chi connectivity index (χ0n) is 10.7. The summed E-state index contributed by atoms with van der Waals surface area (Å²) in [6.45, 7) is -0.120. The number of nitrogens with two attached hydrogens (primary N) is 1. The summed E-state index contributed by atoms with van der Waals surface area (Å²) < 4.78 is 40.5. The molecule has 0 bridgehead atoms. The smallest absolute Gasteiger partial charge is 0.243 e. The molecule has 5 nitrogen and oxygen atoms in total. The van der Waals surface area contributed by atoms with Crippen LogP contribution in [-0.4, -0.2) is 25.7 Å². The predicted octanol–water partition coefficient (Wildman–Crippen LogP) is 1.75. The van der Waals surface area contributed by atoms with Crippen LogP contribution in [0.25, 0.3) is 0 Å². The van der Waals surface area contributed by atoms with Gasteiger partial charge in [-0.05, 0) is 40.9 Å². The Balaban J connectivity index is 2.20. The van der Waals surface area contributed by atoms with Crippen LogP contribution in [0.3, 0.4) is 0 Å². The summed E-state index contributed by atoms with van der Waals surface area (Å²) >= 11 is 3.03. The maximum atomic E-state index is 13.8. The maximum Gasteiger partial charge on any atom is 0.243 e. The normalized spacial score (nSPS) is 18.4. The number of hydrogen-bond donors (Lipinski definition) is 3. The summed E-state index contributed by atoms with van der Waals surface area (Å²) in [6.07, 6.45) is 2.80. The van der Waals surface area contributed by atoms with E-state index in [4.69, 9.17) is 5.73 Å². The number of sulfonamides is 1. The van der Waals surface area contributed by atoms with Gasteiger partial charge in [0.25, 0.3) is 0 Å². The molecule has 0 heterocycles. The lowest BCUT2D eigenvalue weighted by Crippen LogP contribution is -2.40. The highest BCUT2D eigenvalue weighted by molar-refractivity contribution is 9.10. The standard InChI is InChI=1S/C12H16BrFN2O3S/c13-8-5-9(14)11(6-10(8)15)20(18,19)16-7-12(17)3-1-2-4-12/h5-6,16-17H,1-4,7,15H2. The second-order valence-corrected chi connectivity index (χ2v) is 7.65. The molecule has 0 unspecified atom stereocenters. The van der Waals surface area contributed by atoms with E-state index >= 15 is 0 Å². The van der Waals surface area contributed by atoms with Crippen molar-refractivity contribution in [1.82, 2.24) is 4.72 Å². The quantitative estimate of drug-likeness (QED) is 0.707. The summed E-state index contributed by atoms with van der Waals surface area (Å²) in [5.41, 5.74) is 4.67. The number of hydrogen-bond acceptors (Lipinski definition) is 4. The number of anilines is 1. The van der Waals surface area contributed by atoms with E-state index in [1.54, 1.807) is 0 Å². The zero-order valence-corrected chi connectivity index (χ0v) is 13.1. The molecule has 1 aromatic carbocycles. The van der Waals surface area contributed by atoms with E-state index in [2.05, 4.69) is 20.7 Å². The second-order valence-electron chi connectivity index (χ2n) is 5.06. The first-order valence-electron chi connectivity index (χ1n) is 6.20. The van der Waals surface area contributed by atoms with Gasteiger partial charge in [-0.25, -0.2) is 17.5 Å². The molecule has 1 aliphatic carbocycles. The zero-order chi connectivity index (χ0) is 15.0. The average molecular weight is 367 g/mol. The molecule has 0 aromatic heterocycles. The van der Waals surface area contributed by atoms with Crippen molar-refractivity contribution in [2.45, 2.75) is 36.2 Å². The van der Waals surface area contributed by atoms with Crippen molar-refractivity contribution in [3.8, 4) is 0 Å². The van der Waals surface area contributed by atoms with Crippen LogP contribution in [0, 0.1) is 5.82 Å². The van der Waals surface area contributed by atoms with Gasteiger partial charge in [-0.1, -0.05) is 12.8 Å². The van der Waals surface area contributed by atoms with Gasteiger partial charge < -0.3 is 10.8 Å². The van der Waals surface area contributed by atoms with Crippen molar-refractivity contribution in [1.29, 1.82) is 0 Å². The van der Waals surface area contributed by atoms with Crippen molar-refractivity contribution in [3.63, 3.8) is 0 Å². The van der Waals surface area contributed by atoms with E-state index in [1.165, 1.54) is 0 Å². The molecule has 0 spiro atoms. The molecule has 1 aliphatic rings. The summed E-state index contributed by atoms with van der Waals surface area (Å²) in [6, 6.07) is 2.06. The lowest BCUT2D eigenvalue weighted by atomic mass is 10.0. The molecule has 1 aromatic rings. The first-order valence-corrected chi connectivity index (χ1v) is 8.48. The Morgan fingerprint density at radius 1 is 1.40 bits per heavy atom. The fourth-order valence-corrected chi connectivity index (χ4v) is 3.80. The van der Waals surface area contributed by atoms with Gasteiger partial charge in [0.1, 0.15) is 10.7 Å². The Bertz CT molecular complexity index is 615. The molecule has 0 atom stereocenters. The minimum Gasteiger partial charge on any atom is -0.398 e. The highest BCUT2D eigenvalue weighted by Gasteiger charge is 2.33. The first kappa shape index (κ1) is 15.7. The number of rotatable bonds is 4. The molecule has 0 radical (unpaired) electrons. The fraction of sp³-hybridized carbons (Fsp3) is 0.500. The van der Waals surface area contributed by atoms with Gasteiger partial charge in [0.2, 0.25) is 10.0 Å². The fourth-order valence-electron chi connectivity index (χ4n) is 2.27. The van der Waals surface area contributed by atoms with E-state index in [-0.39, 0.29) is 12.2 Å². The van der Waals surface area contributed by atoms with Crippen molar-refractivity contribution < 1.29 is 17.9 Å². The Kier molecular flexibility index (Phi) is 4.38. The third kappa shape index (κ3) is 3.30. The van der Waals surface area contributed by atoms with Gasteiger partial charge in [0, 0.05) is 16.7 Å². The maximum absolute atomic E-state index is 13.8. The molecule has 1 fully saturated rings. The van der Waals surface area contributed by atoms with Crippen LogP contribution in [0.1, 0.15) is 25.7 Å². The van der Waals surface area contributed by atoms with E-state index in [9.17, 15) is 17.9 Å². The Morgan fingerprint density at radius 3 is 2.60 bits per heavy atom. The highest BCUT2D eigenvalue weighted by Crippen LogP contribution is 2.30. The molecule has 0 amide bonds. The van der Waals surface area contributed by atoms with E-state index < -0.39 is 26.3 Å². The molecule has 20 heavy (non-hydrogen) atoms. The number of benzene rings is 1. The van der Waals surface area contributed by atoms with Gasteiger partial charge in [0.05, 0.1) is 5.60 Å². The van der Waals surface area contributed by atoms with Crippen LogP contribution in [0.15, 0.2) is 21.5 Å². The van der Waals surface area contributed by atoms with Crippen molar-refractivity contribution in [2.24, 2.45) is 0 Å². The Labute approximate surface area is 125 Å². The number of halogens is 2. The number of nitrogen functional groups attached to an aromatic ring is 1. The van der Waals surface area contributed by atoms with Crippen molar-refractivity contribution in [2.75, 3.05) is 12.3 Å². The largest absolute Gasteiger partial charge is 0.398 e. The molecule has 4 N–H and O–H groups in total. The molecule has 0 aliphatic heterocycles. The monoisotopic (exact) mass is 366 g/mol. The SMILES string of the molecule is Nc1cc(S(=O)(=O)NCC2(O)CCCC2)c(F)cc1Br. The molecule has 0 saturated heterocycles. The third-order valence-corrected chi connectivity index (χ3v) is 5.57. The molecule has 1 saturated carbocycles. The predicted molar refractivity (Wildman–Crippen MR) is 77.1 cm³/mol. The average Bonchev–Trinajstić information content (AvgIpc) is 2.79. The van der Waals surface area contributed by atoms with Crippen LogP contribution >= 0.6 is 15.9 Å². The van der Waals surface area contributed by atoms with Crippen LogP contribution in [0.2, 0.25) is 0 Å². The lowest BCUT2D eigenvalue weighted by Gasteiger charge is -2.22. The van der Waals surface area contributed by atoms with Gasteiger partial charge >= 0.3 is 0 Å². The van der Waals surface area contributed by atoms with E-state index in [0.717, 1.165) is 25.0 Å². The highest BCUT2D eigenvalue weighted by atomic mass is 79.9. The number of aliphatic hydroxyl groups is 1. The topological polar surface area (TPSA) is 92.4 Å². The van der Waals surface area contributed by atoms with Crippen LogP contribution < -0.4 is 10.5 Å². The van der Waals surface area contributed by atoms with E-state index in [0.29, 0.717) is 17.3 Å². The molecular weight excluding hydrogens is 351 g/mol.